The molecule has 74 valence electrons. The molecular weight excluding hydrogens is 187 g/mol. The largest absolute Gasteiger partial charge is 0.416 e. The Labute approximate surface area is 71.8 Å². The monoisotopic (exact) mass is 195 g/mol. The Morgan fingerprint density at radius 1 is 1.62 bits per heavy atom. The van der Waals surface area contributed by atoms with Gasteiger partial charge in [0.25, 0.3) is 0 Å². The highest BCUT2D eigenvalue weighted by atomic mass is 19.4. The van der Waals surface area contributed by atoms with Crippen molar-refractivity contribution in [1.29, 1.82) is 0 Å². The fourth-order valence-corrected chi connectivity index (χ4v) is 0.760. The van der Waals surface area contributed by atoms with Crippen LogP contribution < -0.4 is 5.73 Å². The van der Waals surface area contributed by atoms with Crippen molar-refractivity contribution in [2.45, 2.75) is 18.8 Å². The summed E-state index contributed by atoms with van der Waals surface area (Å²) in [4.78, 5) is 0. The summed E-state index contributed by atoms with van der Waals surface area (Å²) in [6, 6.07) is 1.35. The zero-order chi connectivity index (χ0) is 10.1. The molecule has 1 aromatic heterocycles. The molecule has 3 N–H and O–H groups in total. The number of anilines is 1. The average Bonchev–Trinajstić information content (AvgIpc) is 2.33. The van der Waals surface area contributed by atoms with Crippen molar-refractivity contribution >= 4 is 5.82 Å². The predicted octanol–water partition coefficient (Wildman–Crippen LogP) is 0.389. The fraction of sp³-hybridized carbons (Fsp3) is 0.500. The molecule has 1 atom stereocenters. The molecular formula is C6H8F3N3O. The van der Waals surface area contributed by atoms with Crippen LogP contribution in [0.4, 0.5) is 19.0 Å². The number of nitrogens with two attached hydrogens (primary N) is 1. The van der Waals surface area contributed by atoms with E-state index >= 15 is 0 Å². The summed E-state index contributed by atoms with van der Waals surface area (Å²) in [7, 11) is 0. The minimum atomic E-state index is -4.62. The van der Waals surface area contributed by atoms with Gasteiger partial charge in [-0.15, -0.1) is 0 Å². The first-order valence-electron chi connectivity index (χ1n) is 3.43. The quantitative estimate of drug-likeness (QED) is 0.717. The lowest BCUT2D eigenvalue weighted by molar-refractivity contribution is -0.207. The van der Waals surface area contributed by atoms with Crippen LogP contribution in [-0.2, 0) is 6.54 Å². The summed E-state index contributed by atoms with van der Waals surface area (Å²) in [5, 5.41) is 12.1. The average molecular weight is 195 g/mol. The molecule has 1 aromatic rings. The van der Waals surface area contributed by atoms with E-state index in [0.29, 0.717) is 0 Å². The Balaban J connectivity index is 2.60. The standard InChI is InChI=1S/C6H8F3N3O/c7-6(8,9)4(13)3-12-2-1-5(10)11-12/h1-2,4,13H,3H2,(H2,10,11). The molecule has 1 unspecified atom stereocenters. The molecule has 13 heavy (non-hydrogen) atoms. The summed E-state index contributed by atoms with van der Waals surface area (Å²) >= 11 is 0. The van der Waals surface area contributed by atoms with E-state index in [2.05, 4.69) is 5.10 Å². The Kier molecular flexibility index (Phi) is 2.46. The van der Waals surface area contributed by atoms with E-state index in [1.54, 1.807) is 0 Å². The number of hydrogen-bond acceptors (Lipinski definition) is 3. The van der Waals surface area contributed by atoms with Crippen LogP contribution in [-0.4, -0.2) is 27.2 Å². The Morgan fingerprint density at radius 3 is 2.62 bits per heavy atom. The smallest absolute Gasteiger partial charge is 0.382 e. The van der Waals surface area contributed by atoms with Crippen molar-refractivity contribution in [2.75, 3.05) is 5.73 Å². The predicted molar refractivity (Wildman–Crippen MR) is 38.7 cm³/mol. The van der Waals surface area contributed by atoms with Crippen molar-refractivity contribution < 1.29 is 18.3 Å². The SMILES string of the molecule is Nc1ccn(CC(O)C(F)(F)F)n1. The summed E-state index contributed by atoms with van der Waals surface area (Å²) in [5.41, 5.74) is 5.17. The molecule has 0 spiro atoms. The molecule has 0 amide bonds. The highest BCUT2D eigenvalue weighted by Crippen LogP contribution is 2.20. The molecule has 4 nitrogen and oxygen atoms in total. The number of aromatic nitrogens is 2. The first-order valence-corrected chi connectivity index (χ1v) is 3.43. The number of halogens is 3. The van der Waals surface area contributed by atoms with Crippen LogP contribution in [0.3, 0.4) is 0 Å². The van der Waals surface area contributed by atoms with Gasteiger partial charge in [0.2, 0.25) is 0 Å². The number of aliphatic hydroxyl groups is 1. The lowest BCUT2D eigenvalue weighted by Gasteiger charge is -2.13. The van der Waals surface area contributed by atoms with Gasteiger partial charge in [-0.1, -0.05) is 0 Å². The molecule has 0 aliphatic rings. The Bertz CT molecular complexity index is 283. The van der Waals surface area contributed by atoms with E-state index in [-0.39, 0.29) is 5.82 Å². The summed E-state index contributed by atoms with van der Waals surface area (Å²) in [6.07, 6.45) is -5.77. The van der Waals surface area contributed by atoms with Gasteiger partial charge < -0.3 is 10.8 Å². The van der Waals surface area contributed by atoms with Gasteiger partial charge in [0, 0.05) is 6.20 Å². The zero-order valence-electron chi connectivity index (χ0n) is 6.49. The number of rotatable bonds is 2. The van der Waals surface area contributed by atoms with Crippen LogP contribution in [0.5, 0.6) is 0 Å². The van der Waals surface area contributed by atoms with E-state index in [1.807, 2.05) is 0 Å². The number of nitrogen functional groups attached to an aromatic ring is 1. The van der Waals surface area contributed by atoms with E-state index in [9.17, 15) is 13.2 Å². The second-order valence-electron chi connectivity index (χ2n) is 2.52. The second kappa shape index (κ2) is 3.25. The summed E-state index contributed by atoms with van der Waals surface area (Å²) in [5.74, 6) is 0.120. The van der Waals surface area contributed by atoms with Crippen LogP contribution in [0.25, 0.3) is 0 Å². The Hall–Kier alpha value is -1.24. The summed E-state index contributed by atoms with van der Waals surface area (Å²) in [6.45, 7) is -0.638. The molecule has 0 aliphatic carbocycles. The third kappa shape index (κ3) is 2.62. The van der Waals surface area contributed by atoms with Gasteiger partial charge in [0.05, 0.1) is 6.54 Å². The van der Waals surface area contributed by atoms with Crippen molar-refractivity contribution in [3.8, 4) is 0 Å². The molecule has 0 aromatic carbocycles. The van der Waals surface area contributed by atoms with Crippen LogP contribution >= 0.6 is 0 Å². The van der Waals surface area contributed by atoms with Gasteiger partial charge in [-0.2, -0.15) is 18.3 Å². The van der Waals surface area contributed by atoms with Crippen molar-refractivity contribution in [1.82, 2.24) is 9.78 Å². The maximum Gasteiger partial charge on any atom is 0.416 e. The van der Waals surface area contributed by atoms with Gasteiger partial charge in [-0.05, 0) is 6.07 Å². The first kappa shape index (κ1) is 9.85. The lowest BCUT2D eigenvalue weighted by Crippen LogP contribution is -2.32. The minimum absolute atomic E-state index is 0.120. The third-order valence-electron chi connectivity index (χ3n) is 1.40. The zero-order valence-corrected chi connectivity index (χ0v) is 6.49. The molecule has 0 saturated heterocycles. The molecule has 7 heteroatoms. The molecule has 0 bridgehead atoms. The fourth-order valence-electron chi connectivity index (χ4n) is 0.760. The highest BCUT2D eigenvalue weighted by Gasteiger charge is 2.38. The normalized spacial score (nSPS) is 14.5. The molecule has 1 rings (SSSR count). The lowest BCUT2D eigenvalue weighted by atomic mass is 10.3. The molecule has 0 aliphatic heterocycles. The van der Waals surface area contributed by atoms with Gasteiger partial charge in [-0.25, -0.2) is 0 Å². The second-order valence-corrected chi connectivity index (χ2v) is 2.52. The minimum Gasteiger partial charge on any atom is -0.382 e. The van der Waals surface area contributed by atoms with Crippen molar-refractivity contribution in [2.24, 2.45) is 0 Å². The van der Waals surface area contributed by atoms with Crippen LogP contribution in [0.2, 0.25) is 0 Å². The van der Waals surface area contributed by atoms with E-state index in [0.717, 1.165) is 4.68 Å². The van der Waals surface area contributed by atoms with Gasteiger partial charge >= 0.3 is 6.18 Å². The number of aliphatic hydroxyl groups excluding tert-OH is 1. The molecule has 0 saturated carbocycles. The Morgan fingerprint density at radius 2 is 2.23 bits per heavy atom. The molecule has 0 radical (unpaired) electrons. The molecule has 0 fully saturated rings. The number of nitrogens with zero attached hydrogens (tertiary/aromatic N) is 2. The number of hydrogen-bond donors (Lipinski definition) is 2. The highest BCUT2D eigenvalue weighted by molar-refractivity contribution is 5.23. The van der Waals surface area contributed by atoms with E-state index in [1.165, 1.54) is 12.3 Å². The topological polar surface area (TPSA) is 64.1 Å². The van der Waals surface area contributed by atoms with Gasteiger partial charge in [-0.3, -0.25) is 4.68 Å². The third-order valence-corrected chi connectivity index (χ3v) is 1.40. The van der Waals surface area contributed by atoms with Crippen LogP contribution in [0, 0.1) is 0 Å². The van der Waals surface area contributed by atoms with Crippen LogP contribution in [0.1, 0.15) is 0 Å². The van der Waals surface area contributed by atoms with Gasteiger partial charge in [0.15, 0.2) is 6.10 Å². The van der Waals surface area contributed by atoms with E-state index in [4.69, 9.17) is 10.8 Å². The maximum absolute atomic E-state index is 11.8. The van der Waals surface area contributed by atoms with Crippen molar-refractivity contribution in [3.63, 3.8) is 0 Å². The van der Waals surface area contributed by atoms with E-state index < -0.39 is 18.8 Å². The first-order chi connectivity index (χ1) is 5.89. The summed E-state index contributed by atoms with van der Waals surface area (Å²) < 4.78 is 36.4. The maximum atomic E-state index is 11.8. The molecule has 1 heterocycles. The van der Waals surface area contributed by atoms with Crippen molar-refractivity contribution in [3.05, 3.63) is 12.3 Å². The number of alkyl halides is 3. The van der Waals surface area contributed by atoms with Gasteiger partial charge in [0.1, 0.15) is 5.82 Å². The van der Waals surface area contributed by atoms with Crippen LogP contribution in [0.15, 0.2) is 12.3 Å².